The Morgan fingerprint density at radius 1 is 1.08 bits per heavy atom. The van der Waals surface area contributed by atoms with Crippen molar-refractivity contribution in [1.29, 1.82) is 5.41 Å². The number of hydrogen-bond donors (Lipinski definition) is 6. The molecule has 6 N–H and O–H groups in total. The van der Waals surface area contributed by atoms with Crippen molar-refractivity contribution in [3.63, 3.8) is 0 Å². The third-order valence-electron chi connectivity index (χ3n) is 10.9. The van der Waals surface area contributed by atoms with Gasteiger partial charge in [-0.25, -0.2) is 4.98 Å². The summed E-state index contributed by atoms with van der Waals surface area (Å²) < 4.78 is 5.85. The number of allylic oxidation sites excluding steroid dienone is 1. The monoisotopic (exact) mass is 701 g/mol. The van der Waals surface area contributed by atoms with Crippen LogP contribution in [0.2, 0.25) is 5.02 Å². The Hall–Kier alpha value is -4.22. The summed E-state index contributed by atoms with van der Waals surface area (Å²) in [5.74, 6) is -0.230. The highest BCUT2D eigenvalue weighted by atomic mass is 35.5. The van der Waals surface area contributed by atoms with Crippen molar-refractivity contribution in [2.45, 2.75) is 82.7 Å². The van der Waals surface area contributed by atoms with Gasteiger partial charge in [0.2, 0.25) is 11.8 Å². The minimum Gasteiger partial charge on any atom is -0.381 e. The number of ether oxygens (including phenoxy) is 1. The molecule has 0 bridgehead atoms. The number of carbonyl (C=O) groups excluding carboxylic acids is 3. The van der Waals surface area contributed by atoms with Crippen LogP contribution in [0.15, 0.2) is 54.2 Å². The average molecular weight is 702 g/mol. The lowest BCUT2D eigenvalue weighted by molar-refractivity contribution is -0.134. The minimum absolute atomic E-state index is 0.121. The number of rotatable bonds is 15. The highest BCUT2D eigenvalue weighted by Gasteiger charge is 2.51. The normalized spacial score (nSPS) is 21.8. The van der Waals surface area contributed by atoms with Crippen LogP contribution < -0.4 is 21.3 Å². The van der Waals surface area contributed by atoms with Crippen LogP contribution in [0.25, 0.3) is 11.0 Å². The van der Waals surface area contributed by atoms with Crippen LogP contribution in [0.3, 0.4) is 0 Å². The van der Waals surface area contributed by atoms with E-state index in [4.69, 9.17) is 26.7 Å². The van der Waals surface area contributed by atoms with Crippen molar-refractivity contribution in [3.05, 3.63) is 76.2 Å². The molecule has 2 heterocycles. The maximum Gasteiger partial charge on any atom is 0.268 e. The minimum atomic E-state index is -0.971. The van der Waals surface area contributed by atoms with E-state index < -0.39 is 17.5 Å². The number of halogens is 1. The fourth-order valence-electron chi connectivity index (χ4n) is 7.52. The summed E-state index contributed by atoms with van der Waals surface area (Å²) in [6.07, 6.45) is 7.82. The molecule has 6 rings (SSSR count). The van der Waals surface area contributed by atoms with Gasteiger partial charge in [0.1, 0.15) is 17.6 Å². The van der Waals surface area contributed by atoms with E-state index in [1.807, 2.05) is 56.3 Å². The van der Waals surface area contributed by atoms with Crippen LogP contribution in [0, 0.1) is 16.7 Å². The molecule has 2 saturated carbocycles. The second-order valence-electron chi connectivity index (χ2n) is 14.2. The molecule has 1 unspecified atom stereocenters. The number of nitrogens with zero attached hydrogens (tertiary/aromatic N) is 1. The number of aromatic nitrogens is 2. The smallest absolute Gasteiger partial charge is 0.268 e. The molecule has 3 aromatic rings. The third kappa shape index (κ3) is 7.03. The van der Waals surface area contributed by atoms with Gasteiger partial charge in [0.05, 0.1) is 29.1 Å². The lowest BCUT2D eigenvalue weighted by Crippen LogP contribution is -2.57. The molecule has 2 aromatic carbocycles. The van der Waals surface area contributed by atoms with Crippen molar-refractivity contribution < 1.29 is 19.1 Å². The number of fused-ring (bicyclic) bond motifs is 1. The molecular weight excluding hydrogens is 654 g/mol. The van der Waals surface area contributed by atoms with Gasteiger partial charge in [-0.1, -0.05) is 49.2 Å². The summed E-state index contributed by atoms with van der Waals surface area (Å²) in [6, 6.07) is 12.3. The van der Waals surface area contributed by atoms with Gasteiger partial charge in [-0.05, 0) is 92.7 Å². The Labute approximate surface area is 298 Å². The van der Waals surface area contributed by atoms with Gasteiger partial charge in [0.25, 0.3) is 5.91 Å². The fraction of sp³-hybridized carbons (Fsp3) is 0.500. The van der Waals surface area contributed by atoms with E-state index in [1.165, 1.54) is 6.08 Å². The Kier molecular flexibility index (Phi) is 10.6. The number of likely N-dealkylation sites (N-methyl/N-ethyl adjacent to an activating group) is 2. The Balaban J connectivity index is 1.38. The standard InChI is InChI=1S/C38H48ClN7O4/c1-4-41-28(15-19-40)34(47)45-32(30(37(3)16-17-37)25-11-6-7-12-26(25)39)33-43-27-14-13-24(21-29(27)44-33)38(18-20-50-22-38)36(49)46-31(23-9-8-10-23)35(48)42-5-2/h6-7,11-15,19,21,23,30-32,40-41H,4-5,8-10,16-18,20,22H2,1-3H3,(H,42,48)(H,43,44)(H,45,47)(H,46,49)/b28-15-,40-19?/t30-,31+,32-,38?/m0/s1. The zero-order valence-corrected chi connectivity index (χ0v) is 29.8. The van der Waals surface area contributed by atoms with E-state index in [1.54, 1.807) is 0 Å². The lowest BCUT2D eigenvalue weighted by Gasteiger charge is -2.36. The van der Waals surface area contributed by atoms with E-state index in [2.05, 4.69) is 33.2 Å². The second-order valence-corrected chi connectivity index (χ2v) is 14.6. The largest absolute Gasteiger partial charge is 0.381 e. The quantitative estimate of drug-likeness (QED) is 0.0946. The molecule has 3 amide bonds. The molecule has 0 spiro atoms. The first-order chi connectivity index (χ1) is 24.1. The Morgan fingerprint density at radius 3 is 2.46 bits per heavy atom. The first-order valence-electron chi connectivity index (χ1n) is 17.8. The third-order valence-corrected chi connectivity index (χ3v) is 11.2. The van der Waals surface area contributed by atoms with Crippen molar-refractivity contribution in [2.75, 3.05) is 26.3 Å². The first kappa shape index (κ1) is 35.6. The molecule has 3 aliphatic rings. The number of nitrogens with one attached hydrogen (secondary N) is 6. The van der Waals surface area contributed by atoms with Gasteiger partial charge in [0.15, 0.2) is 0 Å². The van der Waals surface area contributed by atoms with Crippen LogP contribution in [-0.2, 0) is 24.5 Å². The Morgan fingerprint density at radius 2 is 1.84 bits per heavy atom. The molecule has 2 aliphatic carbocycles. The molecule has 0 radical (unpaired) electrons. The number of H-pyrrole nitrogens is 1. The molecule has 12 heteroatoms. The molecule has 1 saturated heterocycles. The predicted octanol–water partition coefficient (Wildman–Crippen LogP) is 5.18. The van der Waals surface area contributed by atoms with Crippen molar-refractivity contribution in [3.8, 4) is 0 Å². The van der Waals surface area contributed by atoms with Gasteiger partial charge >= 0.3 is 0 Å². The average Bonchev–Trinajstić information content (AvgIpc) is 3.44. The number of aromatic amines is 1. The van der Waals surface area contributed by atoms with E-state index in [-0.39, 0.29) is 47.3 Å². The van der Waals surface area contributed by atoms with Crippen LogP contribution in [0.5, 0.6) is 0 Å². The predicted molar refractivity (Wildman–Crippen MR) is 194 cm³/mol. The molecule has 1 aromatic heterocycles. The molecule has 50 heavy (non-hydrogen) atoms. The number of hydrogen-bond acceptors (Lipinski definition) is 7. The first-order valence-corrected chi connectivity index (χ1v) is 18.2. The maximum atomic E-state index is 14.2. The van der Waals surface area contributed by atoms with Gasteiger partial charge < -0.3 is 36.4 Å². The molecule has 3 fully saturated rings. The summed E-state index contributed by atoms with van der Waals surface area (Å²) in [6.45, 7) is 7.63. The SMILES string of the molecule is CCNC(=O)[C@H](NC(=O)C1(c2ccc3nc([C@@H](NC(=O)/C(=C/C=N)NCC)[C@H](c4ccccc4Cl)C4(C)CC4)[nH]c3c2)CCOC1)C1CCC1. The number of benzene rings is 2. The summed E-state index contributed by atoms with van der Waals surface area (Å²) in [5.41, 5.74) is 2.28. The summed E-state index contributed by atoms with van der Waals surface area (Å²) in [4.78, 5) is 49.5. The van der Waals surface area contributed by atoms with E-state index in [0.29, 0.717) is 42.5 Å². The van der Waals surface area contributed by atoms with Crippen molar-refractivity contribution in [2.24, 2.45) is 11.3 Å². The zero-order chi connectivity index (χ0) is 35.5. The van der Waals surface area contributed by atoms with Gasteiger partial charge in [-0.3, -0.25) is 14.4 Å². The summed E-state index contributed by atoms with van der Waals surface area (Å²) >= 11 is 6.83. The van der Waals surface area contributed by atoms with Crippen LogP contribution >= 0.6 is 11.6 Å². The highest BCUT2D eigenvalue weighted by molar-refractivity contribution is 6.31. The molecule has 4 atom stereocenters. The molecule has 11 nitrogen and oxygen atoms in total. The molecular formula is C38H48ClN7O4. The highest BCUT2D eigenvalue weighted by Crippen LogP contribution is 2.60. The van der Waals surface area contributed by atoms with Crippen LogP contribution in [-0.4, -0.2) is 66.2 Å². The van der Waals surface area contributed by atoms with Gasteiger partial charge in [-0.2, -0.15) is 0 Å². The van der Waals surface area contributed by atoms with E-state index in [0.717, 1.165) is 55.0 Å². The second kappa shape index (κ2) is 14.9. The zero-order valence-electron chi connectivity index (χ0n) is 29.0. The summed E-state index contributed by atoms with van der Waals surface area (Å²) in [5, 5.41) is 20.6. The Bertz CT molecular complexity index is 1770. The van der Waals surface area contributed by atoms with Gasteiger partial charge in [-0.15, -0.1) is 0 Å². The topological polar surface area (TPSA) is 161 Å². The molecule has 266 valence electrons. The number of amides is 3. The lowest BCUT2D eigenvalue weighted by atomic mass is 9.76. The molecule has 1 aliphatic heterocycles. The van der Waals surface area contributed by atoms with Crippen LogP contribution in [0.1, 0.15) is 88.2 Å². The van der Waals surface area contributed by atoms with E-state index >= 15 is 0 Å². The van der Waals surface area contributed by atoms with Gasteiger partial charge in [0, 0.05) is 36.9 Å². The number of carbonyl (C=O) groups is 3. The van der Waals surface area contributed by atoms with Crippen molar-refractivity contribution >= 4 is 46.6 Å². The number of imidazole rings is 1. The van der Waals surface area contributed by atoms with Crippen LogP contribution in [0.4, 0.5) is 0 Å². The maximum absolute atomic E-state index is 14.2. The van der Waals surface area contributed by atoms with E-state index in [9.17, 15) is 14.4 Å². The fourth-order valence-corrected chi connectivity index (χ4v) is 7.77. The summed E-state index contributed by atoms with van der Waals surface area (Å²) in [7, 11) is 0. The van der Waals surface area contributed by atoms with Crippen molar-refractivity contribution in [1.82, 2.24) is 31.2 Å².